The molecule has 0 spiro atoms. The number of hydrogen-bond acceptors (Lipinski definition) is 8. The Bertz CT molecular complexity index is 1010. The molecule has 2 N–H and O–H groups in total. The predicted molar refractivity (Wildman–Crippen MR) is 99.4 cm³/mol. The number of ether oxygens (including phenoxy) is 2. The number of halogens is 3. The van der Waals surface area contributed by atoms with Gasteiger partial charge in [0.15, 0.2) is 16.5 Å². The molecule has 4 heterocycles. The number of aliphatic imine (C=N–C) groups is 1. The molecule has 162 valence electrons. The maximum absolute atomic E-state index is 12.8. The first-order valence-corrected chi connectivity index (χ1v) is 9.84. The molecule has 0 aromatic carbocycles. The summed E-state index contributed by atoms with van der Waals surface area (Å²) in [6.07, 6.45) is -3.21. The van der Waals surface area contributed by atoms with Crippen LogP contribution >= 0.6 is 11.3 Å². The largest absolute Gasteiger partial charge is 0.481 e. The van der Waals surface area contributed by atoms with Crippen LogP contribution in [0.25, 0.3) is 5.00 Å². The van der Waals surface area contributed by atoms with Crippen molar-refractivity contribution in [2.45, 2.75) is 38.3 Å². The smallest absolute Gasteiger partial charge is 0.418 e. The first-order valence-electron chi connectivity index (χ1n) is 9.02. The van der Waals surface area contributed by atoms with Gasteiger partial charge >= 0.3 is 6.18 Å². The number of aromatic nitrogens is 3. The molecule has 2 aliphatic heterocycles. The molecule has 2 atom stereocenters. The van der Waals surface area contributed by atoms with Crippen LogP contribution in [0.5, 0.6) is 5.06 Å². The second kappa shape index (κ2) is 7.32. The lowest BCUT2D eigenvalue weighted by Gasteiger charge is -2.25. The van der Waals surface area contributed by atoms with Gasteiger partial charge in [-0.1, -0.05) is 11.3 Å². The Morgan fingerprint density at radius 3 is 2.93 bits per heavy atom. The van der Waals surface area contributed by atoms with Crippen LogP contribution in [0, 0.1) is 0 Å². The molecule has 0 saturated carbocycles. The van der Waals surface area contributed by atoms with Crippen molar-refractivity contribution in [1.29, 1.82) is 0 Å². The zero-order chi connectivity index (χ0) is 21.7. The fraction of sp³-hybridized carbons (Fsp3) is 0.529. The third-order valence-electron chi connectivity index (χ3n) is 4.73. The molecular formula is C17H18F3N5O4S. The highest BCUT2D eigenvalue weighted by molar-refractivity contribution is 7.17. The summed E-state index contributed by atoms with van der Waals surface area (Å²) in [4.78, 5) is 21.0. The van der Waals surface area contributed by atoms with Crippen molar-refractivity contribution < 1.29 is 32.5 Å². The Morgan fingerprint density at radius 2 is 2.20 bits per heavy atom. The van der Waals surface area contributed by atoms with Crippen molar-refractivity contribution in [3.05, 3.63) is 22.8 Å². The van der Waals surface area contributed by atoms with E-state index in [1.165, 1.54) is 16.0 Å². The van der Waals surface area contributed by atoms with E-state index in [2.05, 4.69) is 15.1 Å². The van der Waals surface area contributed by atoms with Crippen LogP contribution in [-0.2, 0) is 11.3 Å². The molecule has 1 unspecified atom stereocenters. The molecule has 0 saturated heterocycles. The lowest BCUT2D eigenvalue weighted by atomic mass is 10.1. The van der Waals surface area contributed by atoms with E-state index in [1.807, 2.05) is 5.32 Å². The molecular weight excluding hydrogens is 427 g/mol. The van der Waals surface area contributed by atoms with Crippen LogP contribution in [0.4, 0.5) is 13.2 Å². The van der Waals surface area contributed by atoms with Crippen molar-refractivity contribution >= 4 is 23.5 Å². The van der Waals surface area contributed by atoms with E-state index in [0.717, 1.165) is 11.1 Å². The van der Waals surface area contributed by atoms with Crippen molar-refractivity contribution in [2.24, 2.45) is 4.99 Å². The number of rotatable bonds is 3. The second-order valence-electron chi connectivity index (χ2n) is 7.10. The van der Waals surface area contributed by atoms with E-state index in [4.69, 9.17) is 9.47 Å². The van der Waals surface area contributed by atoms with Gasteiger partial charge in [-0.3, -0.25) is 9.79 Å². The number of carbonyl (C=O) groups is 1. The highest BCUT2D eigenvalue weighted by Crippen LogP contribution is 2.41. The third-order valence-corrected chi connectivity index (χ3v) is 5.87. The number of fused-ring (bicyclic) bond motifs is 5. The molecule has 30 heavy (non-hydrogen) atoms. The number of aliphatic hydroxyl groups is 1. The van der Waals surface area contributed by atoms with E-state index < -0.39 is 30.3 Å². The van der Waals surface area contributed by atoms with Crippen molar-refractivity contribution in [1.82, 2.24) is 20.1 Å². The summed E-state index contributed by atoms with van der Waals surface area (Å²) >= 11 is 1.30. The van der Waals surface area contributed by atoms with E-state index in [1.54, 1.807) is 13.1 Å². The van der Waals surface area contributed by atoms with E-state index in [9.17, 15) is 23.1 Å². The van der Waals surface area contributed by atoms with Crippen molar-refractivity contribution in [3.8, 4) is 10.1 Å². The van der Waals surface area contributed by atoms with Gasteiger partial charge in [0, 0.05) is 17.3 Å². The Balaban J connectivity index is 1.65. The first-order chi connectivity index (χ1) is 14.1. The summed E-state index contributed by atoms with van der Waals surface area (Å²) in [5, 5.41) is 17.0. The van der Waals surface area contributed by atoms with Gasteiger partial charge in [0.1, 0.15) is 17.6 Å². The normalized spacial score (nSPS) is 20.1. The average molecular weight is 445 g/mol. The zero-order valence-corrected chi connectivity index (χ0v) is 16.8. The molecule has 1 amide bonds. The second-order valence-corrected chi connectivity index (χ2v) is 8.06. The fourth-order valence-corrected chi connectivity index (χ4v) is 4.00. The maximum atomic E-state index is 12.8. The van der Waals surface area contributed by atoms with Gasteiger partial charge in [-0.05, 0) is 13.8 Å². The monoisotopic (exact) mass is 445 g/mol. The molecule has 9 nitrogen and oxygen atoms in total. The van der Waals surface area contributed by atoms with Gasteiger partial charge in [0.25, 0.3) is 5.91 Å². The number of alkyl halides is 3. The molecule has 0 bridgehead atoms. The Kier molecular flexibility index (Phi) is 5.06. The van der Waals surface area contributed by atoms with Gasteiger partial charge in [-0.15, -0.1) is 5.10 Å². The topological polar surface area (TPSA) is 111 Å². The molecule has 0 fully saturated rings. The fourth-order valence-electron chi connectivity index (χ4n) is 2.88. The van der Waals surface area contributed by atoms with Crippen LogP contribution in [0.15, 0.2) is 4.99 Å². The van der Waals surface area contributed by atoms with Crippen LogP contribution in [0.3, 0.4) is 0 Å². The summed E-state index contributed by atoms with van der Waals surface area (Å²) in [5.41, 5.74) is -1.52. The average Bonchev–Trinajstić information content (AvgIpc) is 3.14. The van der Waals surface area contributed by atoms with Crippen LogP contribution in [-0.4, -0.2) is 63.5 Å². The van der Waals surface area contributed by atoms with Crippen molar-refractivity contribution in [3.63, 3.8) is 0 Å². The number of thiophene rings is 1. The minimum Gasteiger partial charge on any atom is -0.481 e. The van der Waals surface area contributed by atoms with Gasteiger partial charge in [0.05, 0.1) is 19.8 Å². The number of nitrogens with one attached hydrogen (secondary N) is 1. The lowest BCUT2D eigenvalue weighted by molar-refractivity contribution is -0.249. The first kappa shape index (κ1) is 20.8. The van der Waals surface area contributed by atoms with E-state index in [-0.39, 0.29) is 5.82 Å². The number of amides is 1. The molecule has 2 aromatic rings. The highest BCUT2D eigenvalue weighted by Gasteiger charge is 2.50. The molecule has 13 heteroatoms. The molecule has 2 aromatic heterocycles. The van der Waals surface area contributed by atoms with Crippen LogP contribution in [0.2, 0.25) is 0 Å². The molecule has 2 aliphatic rings. The van der Waals surface area contributed by atoms with Gasteiger partial charge < -0.3 is 19.9 Å². The predicted octanol–water partition coefficient (Wildman–Crippen LogP) is 1.77. The van der Waals surface area contributed by atoms with Gasteiger partial charge in [-0.25, -0.2) is 9.67 Å². The van der Waals surface area contributed by atoms with Gasteiger partial charge in [-0.2, -0.15) is 13.2 Å². The number of nitrogens with zero attached hydrogens (tertiary/aromatic N) is 4. The summed E-state index contributed by atoms with van der Waals surface area (Å²) in [6.45, 7) is 2.51. The SMILES string of the molecule is CC1N=Cc2c(sc3c2COCCO3)-n2nc(C(=O)NC[C@](C)(O)C(F)(F)F)nc21. The van der Waals surface area contributed by atoms with Crippen molar-refractivity contribution in [2.75, 3.05) is 19.8 Å². The Morgan fingerprint density at radius 1 is 1.43 bits per heavy atom. The molecule has 4 rings (SSSR count). The standard InChI is InChI=1S/C17H18F3N5O4S/c1-8-12-23-11(13(26)22-7-16(2,27)17(18,19)20)24-25(12)14-9(5-21-8)10-6-28-3-4-29-15(10)30-14/h5,8,27H,3-4,6-7H2,1-2H3,(H,22,26)/t8?,16-/m0/s1. The number of carbonyl (C=O) groups excluding carboxylic acids is 1. The summed E-state index contributed by atoms with van der Waals surface area (Å²) in [5.74, 6) is -0.899. The minimum absolute atomic E-state index is 0.321. The highest BCUT2D eigenvalue weighted by atomic mass is 32.1. The Hall–Kier alpha value is -2.51. The Labute approximate surface area is 172 Å². The number of hydrogen-bond donors (Lipinski definition) is 2. The quantitative estimate of drug-likeness (QED) is 0.745. The molecule has 0 aliphatic carbocycles. The maximum Gasteiger partial charge on any atom is 0.418 e. The summed E-state index contributed by atoms with van der Waals surface area (Å²) in [6, 6.07) is -0.444. The molecule has 0 radical (unpaired) electrons. The summed E-state index contributed by atoms with van der Waals surface area (Å²) < 4.78 is 51.1. The van der Waals surface area contributed by atoms with E-state index in [0.29, 0.717) is 42.6 Å². The summed E-state index contributed by atoms with van der Waals surface area (Å²) in [7, 11) is 0. The van der Waals surface area contributed by atoms with E-state index >= 15 is 0 Å². The zero-order valence-electron chi connectivity index (χ0n) is 16.0. The van der Waals surface area contributed by atoms with Crippen LogP contribution in [0.1, 0.15) is 47.5 Å². The van der Waals surface area contributed by atoms with Crippen LogP contribution < -0.4 is 10.1 Å². The van der Waals surface area contributed by atoms with Gasteiger partial charge in [0.2, 0.25) is 5.82 Å². The third kappa shape index (κ3) is 3.56. The lowest BCUT2D eigenvalue weighted by Crippen LogP contribution is -2.51. The minimum atomic E-state index is -4.89.